The summed E-state index contributed by atoms with van der Waals surface area (Å²) in [6.45, 7) is 8.00. The quantitative estimate of drug-likeness (QED) is 0.646. The third-order valence-corrected chi connectivity index (χ3v) is 2.23. The number of halogens is 2. The third kappa shape index (κ3) is 10.4. The molecule has 0 saturated carbocycles. The molecule has 3 heteroatoms. The van der Waals surface area contributed by atoms with Crippen LogP contribution in [0.1, 0.15) is 44.9 Å². The Labute approximate surface area is 139 Å². The summed E-state index contributed by atoms with van der Waals surface area (Å²) >= 11 is 9.53. The highest BCUT2D eigenvalue weighted by Gasteiger charge is 2.07. The first-order valence-electron chi connectivity index (χ1n) is 7.19. The van der Waals surface area contributed by atoms with Crippen molar-refractivity contribution in [2.45, 2.75) is 33.8 Å². The number of aliphatic hydroxyl groups is 1. The lowest BCUT2D eigenvalue weighted by Gasteiger charge is -2.10. The highest BCUT2D eigenvalue weighted by atomic mass is 35.5. The van der Waals surface area contributed by atoms with Gasteiger partial charge in [0, 0.05) is 0 Å². The molecule has 0 aliphatic carbocycles. The molecule has 1 N–H and O–H groups in total. The zero-order valence-electron chi connectivity index (χ0n) is 13.3. The Morgan fingerprint density at radius 1 is 0.714 bits per heavy atom. The molecule has 118 valence electrons. The molecule has 2 aromatic carbocycles. The Balaban J connectivity index is 0. The van der Waals surface area contributed by atoms with Gasteiger partial charge in [-0.1, -0.05) is 88.4 Å². The van der Waals surface area contributed by atoms with Crippen LogP contribution in [-0.2, 0) is 0 Å². The number of hydrogen-bond acceptors (Lipinski definition) is 1. The Kier molecular flexibility index (Phi) is 18.1. The summed E-state index contributed by atoms with van der Waals surface area (Å²) < 4.78 is 0. The van der Waals surface area contributed by atoms with E-state index in [1.165, 1.54) is 0 Å². The van der Waals surface area contributed by atoms with E-state index in [0.717, 1.165) is 11.1 Å². The molecule has 0 bridgehead atoms. The summed E-state index contributed by atoms with van der Waals surface area (Å²) in [6, 6.07) is 19.3. The highest BCUT2D eigenvalue weighted by Crippen LogP contribution is 2.20. The second-order valence-corrected chi connectivity index (χ2v) is 4.13. The van der Waals surface area contributed by atoms with Gasteiger partial charge in [0.2, 0.25) is 0 Å². The Morgan fingerprint density at radius 3 is 1.19 bits per heavy atom. The van der Waals surface area contributed by atoms with E-state index in [2.05, 4.69) is 0 Å². The molecule has 0 saturated heterocycles. The van der Waals surface area contributed by atoms with E-state index >= 15 is 0 Å². The molecule has 21 heavy (non-hydrogen) atoms. The molecule has 0 aromatic heterocycles. The molecule has 2 aromatic rings. The number of rotatable bonds is 2. The van der Waals surface area contributed by atoms with Crippen LogP contribution in [0.15, 0.2) is 60.7 Å². The largest absolute Gasteiger partial charge is 0.384 e. The number of benzene rings is 2. The van der Waals surface area contributed by atoms with E-state index < -0.39 is 6.10 Å². The Bertz CT molecular complexity index is 365. The summed E-state index contributed by atoms with van der Waals surface area (Å²) in [6.07, 6.45) is -0.516. The van der Waals surface area contributed by atoms with Crippen LogP contribution < -0.4 is 0 Å². The van der Waals surface area contributed by atoms with Crippen molar-refractivity contribution < 1.29 is 5.11 Å². The minimum absolute atomic E-state index is 0.194. The van der Waals surface area contributed by atoms with Crippen LogP contribution in [0.25, 0.3) is 0 Å². The minimum Gasteiger partial charge on any atom is -0.384 e. The van der Waals surface area contributed by atoms with Gasteiger partial charge in [-0.15, -0.1) is 23.2 Å². The molecule has 0 heterocycles. The number of hydrogen-bond donors (Lipinski definition) is 1. The minimum atomic E-state index is -0.516. The Hall–Kier alpha value is -1.02. The molecule has 0 atom stereocenters. The smallest absolute Gasteiger partial charge is 0.104 e. The third-order valence-electron chi connectivity index (χ3n) is 2.23. The molecule has 0 spiro atoms. The van der Waals surface area contributed by atoms with Crippen LogP contribution in [-0.4, -0.2) is 10.4 Å². The monoisotopic (exact) mass is 328 g/mol. The number of aliphatic hydroxyl groups excluding tert-OH is 1. The molecule has 0 fully saturated rings. The lowest BCUT2D eigenvalue weighted by molar-refractivity contribution is 0.220. The van der Waals surface area contributed by atoms with Gasteiger partial charge in [0.25, 0.3) is 0 Å². The second kappa shape index (κ2) is 17.0. The molecule has 0 aliphatic heterocycles. The normalized spacial score (nSPS) is 8.38. The molecule has 0 amide bonds. The van der Waals surface area contributed by atoms with Crippen molar-refractivity contribution in [1.82, 2.24) is 0 Å². The van der Waals surface area contributed by atoms with Gasteiger partial charge < -0.3 is 5.11 Å². The standard InChI is InChI=1S/C13H12O.2C2H6.CH2Cl2/c14-13(11-7-3-1-4-8-11)12-9-5-2-6-10-12;2*1-2;2-1-3/h1-10,13-14H;2*1-2H3;1H2. The van der Waals surface area contributed by atoms with Gasteiger partial charge in [-0.2, -0.15) is 0 Å². The summed E-state index contributed by atoms with van der Waals surface area (Å²) in [5.74, 6) is 0. The van der Waals surface area contributed by atoms with Gasteiger partial charge in [-0.25, -0.2) is 0 Å². The van der Waals surface area contributed by atoms with Crippen LogP contribution in [0.3, 0.4) is 0 Å². The predicted octanol–water partition coefficient (Wildman–Crippen LogP) is 6.24. The van der Waals surface area contributed by atoms with E-state index in [0.29, 0.717) is 0 Å². The van der Waals surface area contributed by atoms with Crippen LogP contribution in [0, 0.1) is 0 Å². The Morgan fingerprint density at radius 2 is 0.952 bits per heavy atom. The van der Waals surface area contributed by atoms with E-state index in [9.17, 15) is 5.11 Å². The first-order chi connectivity index (χ1) is 10.3. The molecule has 0 radical (unpaired) electrons. The van der Waals surface area contributed by atoms with Crippen LogP contribution in [0.2, 0.25) is 0 Å². The fourth-order valence-corrected chi connectivity index (χ4v) is 1.46. The van der Waals surface area contributed by atoms with E-state index in [1.54, 1.807) is 0 Å². The van der Waals surface area contributed by atoms with Gasteiger partial charge in [0.05, 0.1) is 5.34 Å². The first kappa shape index (κ1) is 22.3. The molecule has 0 unspecified atom stereocenters. The molecule has 0 aliphatic rings. The lowest BCUT2D eigenvalue weighted by atomic mass is 10.0. The van der Waals surface area contributed by atoms with Crippen molar-refractivity contribution in [3.63, 3.8) is 0 Å². The van der Waals surface area contributed by atoms with Crippen molar-refractivity contribution in [3.8, 4) is 0 Å². The highest BCUT2D eigenvalue weighted by molar-refractivity contribution is 6.40. The molecular weight excluding hydrogens is 303 g/mol. The van der Waals surface area contributed by atoms with Gasteiger partial charge >= 0.3 is 0 Å². The van der Waals surface area contributed by atoms with Crippen molar-refractivity contribution in [2.24, 2.45) is 0 Å². The fourth-order valence-electron chi connectivity index (χ4n) is 1.46. The van der Waals surface area contributed by atoms with E-state index in [1.807, 2.05) is 88.4 Å². The summed E-state index contributed by atoms with van der Waals surface area (Å²) in [5.41, 5.74) is 1.86. The van der Waals surface area contributed by atoms with Crippen molar-refractivity contribution in [1.29, 1.82) is 0 Å². The van der Waals surface area contributed by atoms with Gasteiger partial charge in [-0.05, 0) is 11.1 Å². The van der Waals surface area contributed by atoms with Gasteiger partial charge in [0.1, 0.15) is 6.10 Å². The topological polar surface area (TPSA) is 20.2 Å². The van der Waals surface area contributed by atoms with Crippen LogP contribution >= 0.6 is 23.2 Å². The zero-order valence-corrected chi connectivity index (χ0v) is 14.8. The SMILES string of the molecule is CC.CC.ClCCl.OC(c1ccccc1)c1ccccc1. The van der Waals surface area contributed by atoms with Crippen molar-refractivity contribution in [3.05, 3.63) is 71.8 Å². The molecule has 2 rings (SSSR count). The van der Waals surface area contributed by atoms with E-state index in [4.69, 9.17) is 23.2 Å². The van der Waals surface area contributed by atoms with Crippen LogP contribution in [0.4, 0.5) is 0 Å². The van der Waals surface area contributed by atoms with Gasteiger partial charge in [0.15, 0.2) is 0 Å². The second-order valence-electron chi connectivity index (χ2n) is 3.32. The lowest BCUT2D eigenvalue weighted by Crippen LogP contribution is -1.98. The van der Waals surface area contributed by atoms with Gasteiger partial charge in [-0.3, -0.25) is 0 Å². The summed E-state index contributed by atoms with van der Waals surface area (Å²) in [7, 11) is 0. The maximum atomic E-state index is 9.99. The average molecular weight is 329 g/mol. The van der Waals surface area contributed by atoms with Crippen molar-refractivity contribution >= 4 is 23.2 Å². The van der Waals surface area contributed by atoms with E-state index in [-0.39, 0.29) is 5.34 Å². The van der Waals surface area contributed by atoms with Crippen LogP contribution in [0.5, 0.6) is 0 Å². The van der Waals surface area contributed by atoms with Crippen molar-refractivity contribution in [2.75, 3.05) is 5.34 Å². The summed E-state index contributed by atoms with van der Waals surface area (Å²) in [5, 5.41) is 10.2. The first-order valence-corrected chi connectivity index (χ1v) is 8.26. The maximum absolute atomic E-state index is 9.99. The summed E-state index contributed by atoms with van der Waals surface area (Å²) in [4.78, 5) is 0. The fraction of sp³-hybridized carbons (Fsp3) is 0.333. The molecular formula is C18H26Cl2O. The zero-order chi connectivity index (χ0) is 16.5. The number of alkyl halides is 2. The average Bonchev–Trinajstić information content (AvgIpc) is 2.60. The molecule has 1 nitrogen and oxygen atoms in total. The maximum Gasteiger partial charge on any atom is 0.104 e. The predicted molar refractivity (Wildman–Crippen MR) is 96.2 cm³/mol.